The van der Waals surface area contributed by atoms with Gasteiger partial charge in [-0.15, -0.1) is 0 Å². The molecule has 5 atom stereocenters. The molecule has 3 aliphatic carbocycles. The van der Waals surface area contributed by atoms with E-state index < -0.39 is 27.1 Å². The van der Waals surface area contributed by atoms with Crippen LogP contribution >= 0.6 is 0 Å². The SMILES string of the molecule is Nc1n[nH]c2ccc([C@H]3[C@@H]4C5CCC(C5)[C@@H]4c4c(c(F)cc5[nH]ncc45)N3S(=O)(=O)C3CC3)cc12. The van der Waals surface area contributed by atoms with Crippen LogP contribution in [-0.2, 0) is 10.0 Å². The van der Waals surface area contributed by atoms with Crippen LogP contribution < -0.4 is 10.0 Å². The van der Waals surface area contributed by atoms with E-state index in [9.17, 15) is 8.42 Å². The summed E-state index contributed by atoms with van der Waals surface area (Å²) in [5, 5.41) is 15.3. The van der Waals surface area contributed by atoms with Gasteiger partial charge in [0.1, 0.15) is 5.82 Å². The second-order valence-corrected chi connectivity index (χ2v) is 12.9. The van der Waals surface area contributed by atoms with Gasteiger partial charge in [0.2, 0.25) is 10.0 Å². The molecule has 4 aromatic rings. The number of nitrogens with one attached hydrogen (secondary N) is 2. The molecule has 35 heavy (non-hydrogen) atoms. The minimum absolute atomic E-state index is 0.0697. The van der Waals surface area contributed by atoms with Crippen molar-refractivity contribution >= 4 is 43.3 Å². The first-order valence-corrected chi connectivity index (χ1v) is 13.9. The lowest BCUT2D eigenvalue weighted by Gasteiger charge is -2.49. The van der Waals surface area contributed by atoms with Crippen LogP contribution in [0, 0.1) is 23.6 Å². The van der Waals surface area contributed by atoms with Crippen molar-refractivity contribution in [2.75, 3.05) is 10.0 Å². The molecule has 1 aliphatic heterocycles. The summed E-state index contributed by atoms with van der Waals surface area (Å²) >= 11 is 0. The number of halogens is 1. The fourth-order valence-corrected chi connectivity index (χ4v) is 9.62. The van der Waals surface area contributed by atoms with Crippen LogP contribution in [0.25, 0.3) is 21.8 Å². The fourth-order valence-electron chi connectivity index (χ4n) is 7.55. The summed E-state index contributed by atoms with van der Waals surface area (Å²) in [7, 11) is -3.77. The highest BCUT2D eigenvalue weighted by Crippen LogP contribution is 2.67. The maximum absolute atomic E-state index is 16.0. The van der Waals surface area contributed by atoms with Crippen LogP contribution in [0.3, 0.4) is 0 Å². The number of nitrogens with two attached hydrogens (primary N) is 1. The van der Waals surface area contributed by atoms with Gasteiger partial charge in [0.15, 0.2) is 5.82 Å². The van der Waals surface area contributed by atoms with E-state index in [4.69, 9.17) is 5.73 Å². The average molecular weight is 493 g/mol. The first-order chi connectivity index (χ1) is 16.9. The number of fused-ring (bicyclic) bond motifs is 10. The molecule has 3 saturated carbocycles. The third-order valence-electron chi connectivity index (χ3n) is 9.04. The predicted octanol–water partition coefficient (Wildman–Crippen LogP) is 4.34. The van der Waals surface area contributed by atoms with Crippen LogP contribution in [0.5, 0.6) is 0 Å². The van der Waals surface area contributed by atoms with Gasteiger partial charge in [-0.25, -0.2) is 12.8 Å². The van der Waals surface area contributed by atoms with Crippen molar-refractivity contribution in [1.29, 1.82) is 0 Å². The van der Waals surface area contributed by atoms with Crippen molar-refractivity contribution in [3.05, 3.63) is 47.4 Å². The Morgan fingerprint density at radius 3 is 2.69 bits per heavy atom. The molecule has 8 rings (SSSR count). The number of anilines is 2. The molecule has 2 bridgehead atoms. The molecule has 4 N–H and O–H groups in total. The topological polar surface area (TPSA) is 121 Å². The number of hydrogen-bond donors (Lipinski definition) is 3. The lowest BCUT2D eigenvalue weighted by Crippen LogP contribution is -2.48. The Morgan fingerprint density at radius 1 is 1.03 bits per heavy atom. The summed E-state index contributed by atoms with van der Waals surface area (Å²) in [5.41, 5.74) is 9.46. The highest BCUT2D eigenvalue weighted by Gasteiger charge is 2.60. The van der Waals surface area contributed by atoms with Crippen molar-refractivity contribution in [2.24, 2.45) is 17.8 Å². The summed E-state index contributed by atoms with van der Waals surface area (Å²) < 4.78 is 45.7. The summed E-state index contributed by atoms with van der Waals surface area (Å²) in [6.45, 7) is 0. The van der Waals surface area contributed by atoms with Crippen molar-refractivity contribution in [1.82, 2.24) is 20.4 Å². The van der Waals surface area contributed by atoms with Gasteiger partial charge in [0.05, 0.1) is 34.2 Å². The van der Waals surface area contributed by atoms with E-state index >= 15 is 4.39 Å². The Labute approximate surface area is 201 Å². The first-order valence-electron chi connectivity index (χ1n) is 12.4. The number of nitrogen functional groups attached to an aromatic ring is 1. The van der Waals surface area contributed by atoms with Crippen LogP contribution in [0.4, 0.5) is 15.9 Å². The van der Waals surface area contributed by atoms with Gasteiger partial charge in [-0.2, -0.15) is 10.2 Å². The normalized spacial score (nSPS) is 29.7. The third-order valence-corrected chi connectivity index (χ3v) is 11.3. The van der Waals surface area contributed by atoms with E-state index in [2.05, 4.69) is 20.4 Å². The second kappa shape index (κ2) is 6.54. The molecule has 2 unspecified atom stereocenters. The van der Waals surface area contributed by atoms with E-state index in [1.54, 1.807) is 6.20 Å². The zero-order valence-corrected chi connectivity index (χ0v) is 19.7. The molecule has 3 fully saturated rings. The van der Waals surface area contributed by atoms with Gasteiger partial charge >= 0.3 is 0 Å². The quantitative estimate of drug-likeness (QED) is 0.393. The van der Waals surface area contributed by atoms with E-state index in [1.165, 1.54) is 10.4 Å². The number of benzene rings is 2. The van der Waals surface area contributed by atoms with E-state index in [1.807, 2.05) is 18.2 Å². The lowest BCUT2D eigenvalue weighted by atomic mass is 9.67. The second-order valence-electron chi connectivity index (χ2n) is 10.8. The van der Waals surface area contributed by atoms with E-state index in [0.29, 0.717) is 36.0 Å². The van der Waals surface area contributed by atoms with Gasteiger partial charge in [0, 0.05) is 16.8 Å². The number of hydrogen-bond acceptors (Lipinski definition) is 5. The standard InChI is InChI=1S/C25H25FN6O2S/c26-17-9-19-16(10-28-29-19)22-20-11-1-2-12(7-11)21(20)23(32(24(17)22)35(33,34)14-4-5-14)13-3-6-18-15(8-13)25(27)31-30-18/h3,6,8-12,14,20-21,23H,1-2,4-5,7H2,(H,28,29)(H3,27,30,31)/t11?,12?,20-,21+,23-/m0/s1. The summed E-state index contributed by atoms with van der Waals surface area (Å²) in [6, 6.07) is 6.74. The van der Waals surface area contributed by atoms with Gasteiger partial charge in [-0.3, -0.25) is 14.5 Å². The summed E-state index contributed by atoms with van der Waals surface area (Å²) in [4.78, 5) is 0. The zero-order chi connectivity index (χ0) is 23.6. The first kappa shape index (κ1) is 20.1. The maximum atomic E-state index is 16.0. The minimum atomic E-state index is -3.77. The van der Waals surface area contributed by atoms with Crippen LogP contribution in [0.15, 0.2) is 30.5 Å². The van der Waals surface area contributed by atoms with Gasteiger partial charge < -0.3 is 5.73 Å². The van der Waals surface area contributed by atoms with Crippen LogP contribution in [0.2, 0.25) is 0 Å². The Morgan fingerprint density at radius 2 is 1.86 bits per heavy atom. The molecule has 2 aromatic carbocycles. The van der Waals surface area contributed by atoms with Gasteiger partial charge in [0.25, 0.3) is 0 Å². The molecule has 0 amide bonds. The molecular formula is C25H25FN6O2S. The Bertz CT molecular complexity index is 1640. The highest BCUT2D eigenvalue weighted by molar-refractivity contribution is 7.93. The van der Waals surface area contributed by atoms with Crippen molar-refractivity contribution in [3.63, 3.8) is 0 Å². The molecule has 8 nitrogen and oxygen atoms in total. The number of nitrogens with zero attached hydrogens (tertiary/aromatic N) is 3. The molecule has 180 valence electrons. The van der Waals surface area contributed by atoms with Crippen molar-refractivity contribution in [2.45, 2.75) is 49.3 Å². The third kappa shape index (κ3) is 2.53. The zero-order valence-electron chi connectivity index (χ0n) is 18.9. The highest BCUT2D eigenvalue weighted by atomic mass is 32.2. The monoisotopic (exact) mass is 492 g/mol. The van der Waals surface area contributed by atoms with E-state index in [-0.39, 0.29) is 17.5 Å². The Hall–Kier alpha value is -3.14. The maximum Gasteiger partial charge on any atom is 0.238 e. The fraction of sp³-hybridized carbons (Fsp3) is 0.440. The summed E-state index contributed by atoms with van der Waals surface area (Å²) in [5.74, 6) is 0.844. The smallest absolute Gasteiger partial charge is 0.238 e. The molecule has 4 aliphatic rings. The van der Waals surface area contributed by atoms with Gasteiger partial charge in [-0.05, 0) is 79.0 Å². The molecule has 3 heterocycles. The lowest BCUT2D eigenvalue weighted by molar-refractivity contribution is 0.236. The average Bonchev–Trinajstić information content (AvgIpc) is 3.16. The Kier molecular flexibility index (Phi) is 3.75. The number of aromatic amines is 2. The predicted molar refractivity (Wildman–Crippen MR) is 131 cm³/mol. The minimum Gasteiger partial charge on any atom is -0.382 e. The number of aromatic nitrogens is 4. The Balaban J connectivity index is 1.46. The molecule has 0 saturated heterocycles. The molecule has 2 aromatic heterocycles. The van der Waals surface area contributed by atoms with Crippen LogP contribution in [-0.4, -0.2) is 34.1 Å². The van der Waals surface area contributed by atoms with Gasteiger partial charge in [-0.1, -0.05) is 6.07 Å². The number of sulfonamides is 1. The molecule has 10 heteroatoms. The molecule has 0 spiro atoms. The largest absolute Gasteiger partial charge is 0.382 e. The number of rotatable bonds is 3. The summed E-state index contributed by atoms with van der Waals surface area (Å²) in [6.07, 6.45) is 6.19. The van der Waals surface area contributed by atoms with E-state index in [0.717, 1.165) is 46.7 Å². The molecule has 0 radical (unpaired) electrons. The number of H-pyrrole nitrogens is 2. The van der Waals surface area contributed by atoms with Crippen LogP contribution in [0.1, 0.15) is 55.2 Å². The van der Waals surface area contributed by atoms with Crippen molar-refractivity contribution in [3.8, 4) is 0 Å². The van der Waals surface area contributed by atoms with Crippen molar-refractivity contribution < 1.29 is 12.8 Å². The molecular weight excluding hydrogens is 467 g/mol.